The molecule has 1 saturated heterocycles. The van der Waals surface area contributed by atoms with Crippen LogP contribution in [0, 0.1) is 12.8 Å². The maximum atomic E-state index is 13.1. The van der Waals surface area contributed by atoms with Crippen molar-refractivity contribution < 1.29 is 9.18 Å². The number of nitrogen functional groups attached to an aromatic ring is 1. The van der Waals surface area contributed by atoms with E-state index < -0.39 is 6.67 Å². The van der Waals surface area contributed by atoms with Crippen molar-refractivity contribution in [3.05, 3.63) is 40.2 Å². The van der Waals surface area contributed by atoms with Gasteiger partial charge in [-0.25, -0.2) is 15.0 Å². The zero-order chi connectivity index (χ0) is 22.4. The number of alkyl halides is 1. The van der Waals surface area contributed by atoms with Crippen LogP contribution < -0.4 is 21.7 Å². The molecule has 0 unspecified atom stereocenters. The summed E-state index contributed by atoms with van der Waals surface area (Å²) in [6.07, 6.45) is 4.01. The second kappa shape index (κ2) is 8.25. The summed E-state index contributed by atoms with van der Waals surface area (Å²) in [5.41, 5.74) is 15.6. The van der Waals surface area contributed by atoms with Crippen molar-refractivity contribution in [1.82, 2.24) is 20.3 Å². The number of anilines is 2. The number of halogens is 1. The zero-order valence-electron chi connectivity index (χ0n) is 17.8. The highest BCUT2D eigenvalue weighted by Gasteiger charge is 2.32. The van der Waals surface area contributed by atoms with Crippen molar-refractivity contribution in [2.75, 3.05) is 30.4 Å². The smallest absolute Gasteiger partial charge is 0.263 e. The number of hydrogen-bond donors (Lipinski definition) is 3. The number of carbonyl (C=O) groups excluding carboxylic acids is 1. The Kier molecular flexibility index (Phi) is 5.42. The van der Waals surface area contributed by atoms with Gasteiger partial charge in [-0.05, 0) is 43.9 Å². The van der Waals surface area contributed by atoms with Crippen molar-refractivity contribution in [1.29, 1.82) is 0 Å². The average Bonchev–Trinajstić information content (AvgIpc) is 3.32. The molecule has 10 heteroatoms. The fraction of sp³-hybridized carbons (Fsp3) is 0.455. The van der Waals surface area contributed by atoms with Crippen LogP contribution in [0.15, 0.2) is 18.3 Å². The zero-order valence-corrected chi connectivity index (χ0v) is 18.7. The molecule has 0 saturated carbocycles. The van der Waals surface area contributed by atoms with E-state index in [0.717, 1.165) is 40.0 Å². The molecule has 1 aliphatic heterocycles. The Bertz CT molecular complexity index is 1180. The van der Waals surface area contributed by atoms with Gasteiger partial charge in [0.15, 0.2) is 0 Å². The topological polar surface area (TPSA) is 123 Å². The normalized spacial score (nSPS) is 22.8. The van der Waals surface area contributed by atoms with Crippen molar-refractivity contribution in [2.45, 2.75) is 38.3 Å². The van der Waals surface area contributed by atoms with Gasteiger partial charge in [0.2, 0.25) is 5.95 Å². The summed E-state index contributed by atoms with van der Waals surface area (Å²) in [6.45, 7) is 2.60. The Morgan fingerprint density at radius 2 is 2.19 bits per heavy atom. The van der Waals surface area contributed by atoms with Crippen molar-refractivity contribution in [2.24, 2.45) is 11.7 Å². The molecule has 5 rings (SSSR count). The Labute approximate surface area is 189 Å². The molecule has 1 fully saturated rings. The predicted molar refractivity (Wildman–Crippen MR) is 124 cm³/mol. The van der Waals surface area contributed by atoms with Crippen LogP contribution in [0.1, 0.15) is 33.0 Å². The van der Waals surface area contributed by atoms with Crippen LogP contribution in [0.2, 0.25) is 0 Å². The molecule has 4 heterocycles. The van der Waals surface area contributed by atoms with E-state index in [4.69, 9.17) is 16.5 Å². The highest BCUT2D eigenvalue weighted by Crippen LogP contribution is 2.33. The van der Waals surface area contributed by atoms with Crippen LogP contribution in [-0.4, -0.2) is 52.7 Å². The Hall–Kier alpha value is -2.85. The van der Waals surface area contributed by atoms with E-state index in [2.05, 4.69) is 15.3 Å². The summed E-state index contributed by atoms with van der Waals surface area (Å²) in [7, 11) is 0. The second-order valence-electron chi connectivity index (χ2n) is 8.69. The molecule has 3 atom stereocenters. The molecule has 0 spiro atoms. The molecule has 2 aliphatic rings. The fourth-order valence-electron chi connectivity index (χ4n) is 4.50. The number of aryl methyl sites for hydroxylation is 2. The molecule has 8 nitrogen and oxygen atoms in total. The molecular formula is C22H26FN7OS. The van der Waals surface area contributed by atoms with Crippen molar-refractivity contribution in [3.63, 3.8) is 0 Å². The minimum atomic E-state index is -0.427. The summed E-state index contributed by atoms with van der Waals surface area (Å²) in [5, 5.41) is 3.94. The number of thiophene rings is 1. The van der Waals surface area contributed by atoms with Gasteiger partial charge >= 0.3 is 0 Å². The summed E-state index contributed by atoms with van der Waals surface area (Å²) >= 11 is 1.32. The summed E-state index contributed by atoms with van der Waals surface area (Å²) in [5.74, 6) is 0.269. The SMILES string of the molecule is Cc1ccc2c(N)c(C(=O)N[C@H]3CCc4nc(N5C[C@H](CF)[C@H](N)C5)ncc4C3)sc2n1. The monoisotopic (exact) mass is 455 g/mol. The van der Waals surface area contributed by atoms with Crippen LogP contribution in [0.4, 0.5) is 16.0 Å². The van der Waals surface area contributed by atoms with Gasteiger partial charge in [0.05, 0.1) is 12.4 Å². The second-order valence-corrected chi connectivity index (χ2v) is 9.69. The first-order valence-corrected chi connectivity index (χ1v) is 11.6. The fourth-order valence-corrected chi connectivity index (χ4v) is 5.55. The van der Waals surface area contributed by atoms with E-state index in [0.29, 0.717) is 36.0 Å². The number of hydrogen-bond acceptors (Lipinski definition) is 8. The molecule has 0 aromatic carbocycles. The molecule has 0 bridgehead atoms. The standard InChI is InChI=1S/C22H26FN7OS/c1-11-2-4-15-18(25)19(32-21(15)27-11)20(31)28-14-3-5-17-12(6-14)8-26-22(29-17)30-9-13(7-23)16(24)10-30/h2,4,8,13-14,16H,3,5-7,9-10,24-25H2,1H3,(H,28,31)/t13-,14-,16+/m0/s1. The van der Waals surface area contributed by atoms with E-state index in [-0.39, 0.29) is 23.9 Å². The molecular weight excluding hydrogens is 429 g/mol. The Morgan fingerprint density at radius 1 is 1.34 bits per heavy atom. The Morgan fingerprint density at radius 3 is 2.97 bits per heavy atom. The number of fused-ring (bicyclic) bond motifs is 2. The largest absolute Gasteiger partial charge is 0.397 e. The van der Waals surface area contributed by atoms with E-state index in [1.165, 1.54) is 11.3 Å². The van der Waals surface area contributed by atoms with Gasteiger partial charge in [-0.1, -0.05) is 0 Å². The molecule has 0 radical (unpaired) electrons. The lowest BCUT2D eigenvalue weighted by Crippen LogP contribution is -2.39. The lowest BCUT2D eigenvalue weighted by molar-refractivity contribution is 0.0938. The minimum absolute atomic E-state index is 0.0140. The number of nitrogens with two attached hydrogens (primary N) is 2. The molecule has 3 aromatic rings. The molecule has 1 aliphatic carbocycles. The van der Waals surface area contributed by atoms with Crippen LogP contribution in [-0.2, 0) is 12.8 Å². The summed E-state index contributed by atoms with van der Waals surface area (Å²) in [6, 6.07) is 3.60. The van der Waals surface area contributed by atoms with Crippen LogP contribution in [0.25, 0.3) is 10.2 Å². The van der Waals surface area contributed by atoms with E-state index in [9.17, 15) is 9.18 Å². The van der Waals surface area contributed by atoms with Gasteiger partial charge < -0.3 is 21.7 Å². The predicted octanol–water partition coefficient (Wildman–Crippen LogP) is 2.00. The van der Waals surface area contributed by atoms with Gasteiger partial charge in [0, 0.05) is 54.1 Å². The highest BCUT2D eigenvalue weighted by atomic mass is 32.1. The lowest BCUT2D eigenvalue weighted by atomic mass is 9.93. The Balaban J connectivity index is 1.28. The molecule has 3 aromatic heterocycles. The highest BCUT2D eigenvalue weighted by molar-refractivity contribution is 7.21. The first-order valence-electron chi connectivity index (χ1n) is 10.8. The van der Waals surface area contributed by atoms with E-state index >= 15 is 0 Å². The van der Waals surface area contributed by atoms with Crippen molar-refractivity contribution in [3.8, 4) is 0 Å². The minimum Gasteiger partial charge on any atom is -0.397 e. The third-order valence-corrected chi connectivity index (χ3v) is 7.50. The van der Waals surface area contributed by atoms with Crippen LogP contribution in [0.3, 0.4) is 0 Å². The molecule has 1 amide bonds. The average molecular weight is 456 g/mol. The summed E-state index contributed by atoms with van der Waals surface area (Å²) < 4.78 is 13.1. The van der Waals surface area contributed by atoms with Gasteiger partial charge in [0.1, 0.15) is 9.71 Å². The first kappa shape index (κ1) is 21.0. The van der Waals surface area contributed by atoms with E-state index in [1.54, 1.807) is 0 Å². The molecule has 32 heavy (non-hydrogen) atoms. The van der Waals surface area contributed by atoms with Crippen LogP contribution >= 0.6 is 11.3 Å². The van der Waals surface area contributed by atoms with Gasteiger partial charge in [-0.15, -0.1) is 11.3 Å². The number of carbonyl (C=O) groups is 1. The summed E-state index contributed by atoms with van der Waals surface area (Å²) in [4.78, 5) is 29.9. The first-order chi connectivity index (χ1) is 15.4. The third-order valence-electron chi connectivity index (χ3n) is 6.38. The van der Waals surface area contributed by atoms with Crippen LogP contribution in [0.5, 0.6) is 0 Å². The third kappa shape index (κ3) is 3.77. The maximum Gasteiger partial charge on any atom is 0.263 e. The number of pyridine rings is 1. The molecule has 5 N–H and O–H groups in total. The number of nitrogens with zero attached hydrogens (tertiary/aromatic N) is 4. The lowest BCUT2D eigenvalue weighted by Gasteiger charge is -2.26. The number of aromatic nitrogens is 3. The van der Waals surface area contributed by atoms with E-state index in [1.807, 2.05) is 30.2 Å². The number of rotatable bonds is 4. The van der Waals surface area contributed by atoms with Crippen molar-refractivity contribution >= 4 is 39.1 Å². The molecule has 168 valence electrons. The number of amides is 1. The van der Waals surface area contributed by atoms with Gasteiger partial charge in [-0.3, -0.25) is 9.18 Å². The van der Waals surface area contributed by atoms with Gasteiger partial charge in [-0.2, -0.15) is 0 Å². The number of nitrogens with one attached hydrogen (secondary N) is 1. The maximum absolute atomic E-state index is 13.1. The quantitative estimate of drug-likeness (QED) is 0.550. The van der Waals surface area contributed by atoms with Gasteiger partial charge in [0.25, 0.3) is 5.91 Å².